The molecular weight excluding hydrogens is 272 g/mol. The molecule has 0 spiro atoms. The van der Waals surface area contributed by atoms with Crippen molar-refractivity contribution in [3.8, 4) is 5.75 Å². The van der Waals surface area contributed by atoms with E-state index in [1.54, 1.807) is 18.2 Å². The van der Waals surface area contributed by atoms with Crippen LogP contribution < -0.4 is 15.4 Å². The number of carboxylic acid groups (broad SMARTS) is 1. The standard InChI is InChI=1S/C15H22N2O4/c1-4-21-13-8-6-5-7-12(13)17-15(20)16-9-11(10(2)3)14(18)19/h5-8,10-11H,4,9H2,1-3H3,(H,18,19)(H2,16,17,20). The van der Waals surface area contributed by atoms with Gasteiger partial charge in [0.2, 0.25) is 0 Å². The second-order valence-corrected chi connectivity index (χ2v) is 4.95. The van der Waals surface area contributed by atoms with Gasteiger partial charge in [0.15, 0.2) is 0 Å². The highest BCUT2D eigenvalue weighted by Crippen LogP contribution is 2.23. The lowest BCUT2D eigenvalue weighted by molar-refractivity contribution is -0.142. The number of aliphatic carboxylic acids is 1. The Morgan fingerprint density at radius 2 is 1.95 bits per heavy atom. The Labute approximate surface area is 124 Å². The Balaban J connectivity index is 2.60. The van der Waals surface area contributed by atoms with Crippen LogP contribution in [0.25, 0.3) is 0 Å². The molecule has 116 valence electrons. The van der Waals surface area contributed by atoms with E-state index in [1.807, 2.05) is 26.8 Å². The van der Waals surface area contributed by atoms with Crippen molar-refractivity contribution >= 4 is 17.7 Å². The van der Waals surface area contributed by atoms with Crippen molar-refractivity contribution in [1.29, 1.82) is 0 Å². The average molecular weight is 294 g/mol. The van der Waals surface area contributed by atoms with Crippen LogP contribution in [-0.2, 0) is 4.79 Å². The van der Waals surface area contributed by atoms with Crippen molar-refractivity contribution < 1.29 is 19.4 Å². The second-order valence-electron chi connectivity index (χ2n) is 4.95. The van der Waals surface area contributed by atoms with E-state index in [0.717, 1.165) is 0 Å². The fourth-order valence-corrected chi connectivity index (χ4v) is 1.83. The molecule has 1 atom stereocenters. The van der Waals surface area contributed by atoms with E-state index < -0.39 is 17.9 Å². The van der Waals surface area contributed by atoms with Gasteiger partial charge in [0.05, 0.1) is 18.2 Å². The molecule has 0 aromatic heterocycles. The number of para-hydroxylation sites is 2. The molecule has 0 heterocycles. The zero-order valence-corrected chi connectivity index (χ0v) is 12.6. The summed E-state index contributed by atoms with van der Waals surface area (Å²) < 4.78 is 5.40. The molecule has 0 fully saturated rings. The van der Waals surface area contributed by atoms with Gasteiger partial charge in [0, 0.05) is 6.54 Å². The highest BCUT2D eigenvalue weighted by molar-refractivity contribution is 5.91. The van der Waals surface area contributed by atoms with Crippen molar-refractivity contribution in [1.82, 2.24) is 5.32 Å². The number of carboxylic acids is 1. The predicted octanol–water partition coefficient (Wildman–Crippen LogP) is 2.56. The number of rotatable bonds is 7. The summed E-state index contributed by atoms with van der Waals surface area (Å²) in [7, 11) is 0. The average Bonchev–Trinajstić information content (AvgIpc) is 2.40. The van der Waals surface area contributed by atoms with E-state index in [0.29, 0.717) is 18.0 Å². The molecule has 1 aromatic rings. The van der Waals surface area contributed by atoms with E-state index >= 15 is 0 Å². The predicted molar refractivity (Wildman–Crippen MR) is 80.6 cm³/mol. The third-order valence-electron chi connectivity index (χ3n) is 3.04. The highest BCUT2D eigenvalue weighted by atomic mass is 16.5. The number of carbonyl (C=O) groups is 2. The maximum Gasteiger partial charge on any atom is 0.319 e. The number of amides is 2. The third kappa shape index (κ3) is 5.33. The van der Waals surface area contributed by atoms with Crippen molar-refractivity contribution in [3.05, 3.63) is 24.3 Å². The normalized spacial score (nSPS) is 11.8. The Hall–Kier alpha value is -2.24. The molecule has 0 saturated heterocycles. The molecule has 0 bridgehead atoms. The molecule has 1 rings (SSSR count). The van der Waals surface area contributed by atoms with E-state index in [2.05, 4.69) is 10.6 Å². The summed E-state index contributed by atoms with van der Waals surface area (Å²) >= 11 is 0. The number of urea groups is 1. The van der Waals surface area contributed by atoms with Gasteiger partial charge < -0.3 is 20.5 Å². The molecule has 2 amide bonds. The monoisotopic (exact) mass is 294 g/mol. The largest absolute Gasteiger partial charge is 0.492 e. The zero-order chi connectivity index (χ0) is 15.8. The number of nitrogens with one attached hydrogen (secondary N) is 2. The van der Waals surface area contributed by atoms with Gasteiger partial charge in [0.1, 0.15) is 5.75 Å². The smallest absolute Gasteiger partial charge is 0.319 e. The van der Waals surface area contributed by atoms with Gasteiger partial charge in [-0.15, -0.1) is 0 Å². The van der Waals surface area contributed by atoms with Crippen LogP contribution >= 0.6 is 0 Å². The van der Waals surface area contributed by atoms with Crippen LogP contribution in [0.4, 0.5) is 10.5 Å². The first-order valence-electron chi connectivity index (χ1n) is 6.95. The summed E-state index contributed by atoms with van der Waals surface area (Å²) in [4.78, 5) is 22.9. The lowest BCUT2D eigenvalue weighted by Crippen LogP contribution is -2.37. The van der Waals surface area contributed by atoms with E-state index in [9.17, 15) is 9.59 Å². The first kappa shape index (κ1) is 16.8. The molecule has 0 aliphatic rings. The van der Waals surface area contributed by atoms with Gasteiger partial charge in [-0.3, -0.25) is 4.79 Å². The topological polar surface area (TPSA) is 87.7 Å². The molecule has 1 unspecified atom stereocenters. The van der Waals surface area contributed by atoms with Crippen LogP contribution in [0, 0.1) is 11.8 Å². The number of benzene rings is 1. The number of carbonyl (C=O) groups excluding carboxylic acids is 1. The van der Waals surface area contributed by atoms with Crippen molar-refractivity contribution in [2.24, 2.45) is 11.8 Å². The summed E-state index contributed by atoms with van der Waals surface area (Å²) in [6, 6.07) is 6.63. The molecule has 6 nitrogen and oxygen atoms in total. The first-order valence-corrected chi connectivity index (χ1v) is 6.95. The summed E-state index contributed by atoms with van der Waals surface area (Å²) in [6.07, 6.45) is 0. The van der Waals surface area contributed by atoms with Crippen molar-refractivity contribution in [2.45, 2.75) is 20.8 Å². The maximum atomic E-state index is 11.8. The fraction of sp³-hybridized carbons (Fsp3) is 0.467. The van der Waals surface area contributed by atoms with Crippen LogP contribution in [-0.4, -0.2) is 30.3 Å². The summed E-state index contributed by atoms with van der Waals surface area (Å²) in [6.45, 7) is 6.05. The van der Waals surface area contributed by atoms with Crippen LogP contribution in [0.5, 0.6) is 5.75 Å². The summed E-state index contributed by atoms with van der Waals surface area (Å²) in [5.41, 5.74) is 0.549. The van der Waals surface area contributed by atoms with Crippen molar-refractivity contribution in [2.75, 3.05) is 18.5 Å². The van der Waals surface area contributed by atoms with Gasteiger partial charge in [-0.25, -0.2) is 4.79 Å². The summed E-state index contributed by atoms with van der Waals surface area (Å²) in [5, 5.41) is 14.3. The molecule has 6 heteroatoms. The molecular formula is C15H22N2O4. The Bertz CT molecular complexity index is 488. The molecule has 0 aliphatic carbocycles. The van der Waals surface area contributed by atoms with Crippen LogP contribution in [0.15, 0.2) is 24.3 Å². The zero-order valence-electron chi connectivity index (χ0n) is 12.6. The quantitative estimate of drug-likeness (QED) is 0.721. The number of hydrogen-bond donors (Lipinski definition) is 3. The second kappa shape index (κ2) is 8.14. The molecule has 0 saturated carbocycles. The number of hydrogen-bond acceptors (Lipinski definition) is 3. The van der Waals surface area contributed by atoms with Gasteiger partial charge in [-0.05, 0) is 25.0 Å². The Kier molecular flexibility index (Phi) is 6.52. The summed E-state index contributed by atoms with van der Waals surface area (Å²) in [5.74, 6) is -1.01. The van der Waals surface area contributed by atoms with Gasteiger partial charge in [-0.2, -0.15) is 0 Å². The molecule has 1 aromatic carbocycles. The minimum Gasteiger partial charge on any atom is -0.492 e. The third-order valence-corrected chi connectivity index (χ3v) is 3.04. The van der Waals surface area contributed by atoms with Gasteiger partial charge >= 0.3 is 12.0 Å². The van der Waals surface area contributed by atoms with Crippen LogP contribution in [0.3, 0.4) is 0 Å². The minimum atomic E-state index is -0.917. The molecule has 0 aliphatic heterocycles. The van der Waals surface area contributed by atoms with Gasteiger partial charge in [0.25, 0.3) is 0 Å². The minimum absolute atomic E-state index is 0.0569. The number of ether oxygens (including phenoxy) is 1. The SMILES string of the molecule is CCOc1ccccc1NC(=O)NCC(C(=O)O)C(C)C. The fourth-order valence-electron chi connectivity index (χ4n) is 1.83. The van der Waals surface area contributed by atoms with E-state index in [-0.39, 0.29) is 12.5 Å². The lowest BCUT2D eigenvalue weighted by atomic mass is 9.96. The molecule has 3 N–H and O–H groups in total. The highest BCUT2D eigenvalue weighted by Gasteiger charge is 2.22. The van der Waals surface area contributed by atoms with E-state index in [4.69, 9.17) is 9.84 Å². The first-order chi connectivity index (χ1) is 9.95. The molecule has 21 heavy (non-hydrogen) atoms. The van der Waals surface area contributed by atoms with E-state index in [1.165, 1.54) is 0 Å². The molecule has 0 radical (unpaired) electrons. The Morgan fingerprint density at radius 3 is 2.52 bits per heavy atom. The van der Waals surface area contributed by atoms with Crippen molar-refractivity contribution in [3.63, 3.8) is 0 Å². The maximum absolute atomic E-state index is 11.8. The van der Waals surface area contributed by atoms with Crippen LogP contribution in [0.2, 0.25) is 0 Å². The van der Waals surface area contributed by atoms with Gasteiger partial charge in [-0.1, -0.05) is 26.0 Å². The Morgan fingerprint density at radius 1 is 1.29 bits per heavy atom. The lowest BCUT2D eigenvalue weighted by Gasteiger charge is -2.17. The number of anilines is 1. The van der Waals surface area contributed by atoms with Crippen LogP contribution in [0.1, 0.15) is 20.8 Å².